The van der Waals surface area contributed by atoms with Crippen molar-refractivity contribution in [1.82, 2.24) is 25.3 Å². The average Bonchev–Trinajstić information content (AvgIpc) is 3.59. The number of aliphatic hydroxyl groups excluding tert-OH is 1. The highest BCUT2D eigenvalue weighted by Gasteiger charge is 2.42. The molecule has 1 aliphatic rings. The minimum absolute atomic E-state index is 0.0177. The predicted molar refractivity (Wildman–Crippen MR) is 208 cm³/mol. The van der Waals surface area contributed by atoms with Crippen LogP contribution in [-0.4, -0.2) is 122 Å². The van der Waals surface area contributed by atoms with Crippen molar-refractivity contribution in [2.75, 3.05) is 41.9 Å². The standard InChI is InChI=1S/C41H71N5O6/c1-15-27(6)37(45(12)41(50)35(25(2)3)43-40(49)36(26(4)5)44(10)11)33(51-13)24-34(47)46-23-19-22-32(46)39(52-14)28(7)29(8)42-30(9)38(48)31-20-17-16-18-21-31/h16-18,20-21,25-28,30,32-33,35-39,42,48H,8,15,19,22-24H2,1-7,9-14H3,(H,43,49)/t27?,28?,30-,32+,33?,35+,36+,37?,38?,39-/m1/s1. The minimum Gasteiger partial charge on any atom is -0.386 e. The molecule has 3 amide bonds. The zero-order valence-electron chi connectivity index (χ0n) is 34.4. The number of rotatable bonds is 21. The van der Waals surface area contributed by atoms with E-state index in [2.05, 4.69) is 31.1 Å². The first-order valence-corrected chi connectivity index (χ1v) is 19.2. The monoisotopic (exact) mass is 730 g/mol. The molecule has 0 saturated carbocycles. The number of benzene rings is 1. The zero-order chi connectivity index (χ0) is 39.4. The maximum Gasteiger partial charge on any atom is 0.245 e. The summed E-state index contributed by atoms with van der Waals surface area (Å²) in [4.78, 5) is 47.3. The van der Waals surface area contributed by atoms with E-state index in [0.29, 0.717) is 6.54 Å². The highest BCUT2D eigenvalue weighted by Crippen LogP contribution is 2.31. The number of methoxy groups -OCH3 is 2. The highest BCUT2D eigenvalue weighted by atomic mass is 16.5. The smallest absolute Gasteiger partial charge is 0.245 e. The Hall–Kier alpha value is -2.99. The molecule has 11 heteroatoms. The molecule has 1 aromatic rings. The molecule has 5 unspecified atom stereocenters. The van der Waals surface area contributed by atoms with Gasteiger partial charge >= 0.3 is 0 Å². The van der Waals surface area contributed by atoms with Gasteiger partial charge in [-0.2, -0.15) is 0 Å². The number of hydrogen-bond acceptors (Lipinski definition) is 8. The van der Waals surface area contributed by atoms with Crippen LogP contribution < -0.4 is 10.6 Å². The van der Waals surface area contributed by atoms with Crippen LogP contribution in [0.2, 0.25) is 0 Å². The fourth-order valence-corrected chi connectivity index (χ4v) is 7.90. The van der Waals surface area contributed by atoms with E-state index in [1.807, 2.05) is 95.8 Å². The summed E-state index contributed by atoms with van der Waals surface area (Å²) < 4.78 is 12.1. The van der Waals surface area contributed by atoms with Crippen LogP contribution in [0.5, 0.6) is 0 Å². The first kappa shape index (κ1) is 45.2. The molecule has 10 atom stereocenters. The molecule has 1 aromatic carbocycles. The highest BCUT2D eigenvalue weighted by molar-refractivity contribution is 5.90. The van der Waals surface area contributed by atoms with E-state index < -0.39 is 24.3 Å². The van der Waals surface area contributed by atoms with Gasteiger partial charge in [0, 0.05) is 39.4 Å². The molecule has 0 aliphatic carbocycles. The molecule has 3 N–H and O–H groups in total. The molecule has 0 radical (unpaired) electrons. The molecule has 1 saturated heterocycles. The second kappa shape index (κ2) is 21.0. The second-order valence-corrected chi connectivity index (χ2v) is 15.8. The molecule has 1 aliphatic heterocycles. The van der Waals surface area contributed by atoms with Gasteiger partial charge < -0.3 is 35.0 Å². The van der Waals surface area contributed by atoms with E-state index in [0.717, 1.165) is 30.5 Å². The van der Waals surface area contributed by atoms with Gasteiger partial charge in [-0.05, 0) is 57.2 Å². The number of nitrogens with one attached hydrogen (secondary N) is 2. The van der Waals surface area contributed by atoms with Gasteiger partial charge in [-0.15, -0.1) is 0 Å². The van der Waals surface area contributed by atoms with Gasteiger partial charge in [0.2, 0.25) is 17.7 Å². The van der Waals surface area contributed by atoms with Gasteiger partial charge in [0.05, 0.1) is 48.9 Å². The Kier molecular flexibility index (Phi) is 18.3. The number of carbonyl (C=O) groups is 3. The average molecular weight is 730 g/mol. The van der Waals surface area contributed by atoms with Crippen molar-refractivity contribution in [1.29, 1.82) is 0 Å². The predicted octanol–water partition coefficient (Wildman–Crippen LogP) is 4.86. The maximum atomic E-state index is 14.2. The quantitative estimate of drug-likeness (QED) is 0.164. The van der Waals surface area contributed by atoms with Crippen molar-refractivity contribution in [3.8, 4) is 0 Å². The summed E-state index contributed by atoms with van der Waals surface area (Å²) in [5, 5.41) is 17.4. The summed E-state index contributed by atoms with van der Waals surface area (Å²) in [5.41, 5.74) is 1.56. The number of carbonyl (C=O) groups excluding carboxylic acids is 3. The Morgan fingerprint density at radius 3 is 2.08 bits per heavy atom. The largest absolute Gasteiger partial charge is 0.386 e. The summed E-state index contributed by atoms with van der Waals surface area (Å²) in [5.74, 6) is -0.660. The fraction of sp³-hybridized carbons (Fsp3) is 0.732. The number of amides is 3. The zero-order valence-corrected chi connectivity index (χ0v) is 34.4. The molecule has 0 bridgehead atoms. The molecular weight excluding hydrogens is 658 g/mol. The number of ether oxygens (including phenoxy) is 2. The van der Waals surface area contributed by atoms with Crippen molar-refractivity contribution in [2.24, 2.45) is 23.7 Å². The molecule has 296 valence electrons. The summed E-state index contributed by atoms with van der Waals surface area (Å²) >= 11 is 0. The summed E-state index contributed by atoms with van der Waals surface area (Å²) in [6.07, 6.45) is 0.891. The van der Waals surface area contributed by atoms with Crippen LogP contribution in [0.3, 0.4) is 0 Å². The molecule has 0 spiro atoms. The lowest BCUT2D eigenvalue weighted by Gasteiger charge is -2.41. The van der Waals surface area contributed by atoms with Crippen LogP contribution in [0.15, 0.2) is 42.6 Å². The van der Waals surface area contributed by atoms with E-state index in [9.17, 15) is 19.5 Å². The van der Waals surface area contributed by atoms with Gasteiger partial charge in [0.1, 0.15) is 6.04 Å². The second-order valence-electron chi connectivity index (χ2n) is 15.8. The van der Waals surface area contributed by atoms with E-state index >= 15 is 0 Å². The van der Waals surface area contributed by atoms with Gasteiger partial charge in [-0.1, -0.05) is 91.8 Å². The van der Waals surface area contributed by atoms with Crippen LogP contribution >= 0.6 is 0 Å². The Morgan fingerprint density at radius 1 is 0.962 bits per heavy atom. The van der Waals surface area contributed by atoms with Crippen LogP contribution in [0.1, 0.15) is 92.7 Å². The lowest BCUT2D eigenvalue weighted by atomic mass is 9.89. The maximum absolute atomic E-state index is 14.2. The minimum atomic E-state index is -0.733. The summed E-state index contributed by atoms with van der Waals surface area (Å²) in [6, 6.07) is 7.55. The van der Waals surface area contributed by atoms with Crippen molar-refractivity contribution >= 4 is 17.7 Å². The van der Waals surface area contributed by atoms with Crippen LogP contribution in [0.25, 0.3) is 0 Å². The van der Waals surface area contributed by atoms with E-state index in [-0.39, 0.29) is 72.0 Å². The number of likely N-dealkylation sites (tertiary alicyclic amines) is 1. The van der Waals surface area contributed by atoms with Crippen molar-refractivity contribution in [3.05, 3.63) is 48.2 Å². The lowest BCUT2D eigenvalue weighted by Crippen LogP contribution is -2.59. The molecule has 1 fully saturated rings. The molecule has 52 heavy (non-hydrogen) atoms. The number of hydrogen-bond donors (Lipinski definition) is 3. The van der Waals surface area contributed by atoms with E-state index in [1.165, 1.54) is 0 Å². The van der Waals surface area contributed by atoms with Gasteiger partial charge in [-0.3, -0.25) is 19.3 Å². The van der Waals surface area contributed by atoms with E-state index in [1.54, 1.807) is 26.2 Å². The Balaban J connectivity index is 2.25. The first-order valence-electron chi connectivity index (χ1n) is 19.2. The van der Waals surface area contributed by atoms with E-state index in [4.69, 9.17) is 9.47 Å². The lowest BCUT2D eigenvalue weighted by molar-refractivity contribution is -0.147. The third-order valence-electron chi connectivity index (χ3n) is 11.1. The SMILES string of the molecule is C=C(N[C@H](C)C(O)c1ccccc1)C(C)[C@@H](OC)[C@@H]1CCCN1C(=O)CC(OC)C(C(C)CC)N(C)C(=O)[C@@H](NC(=O)[C@H](C(C)C)N(C)C)C(C)C. The summed E-state index contributed by atoms with van der Waals surface area (Å²) in [7, 11) is 8.77. The third kappa shape index (κ3) is 11.5. The molecular formula is C41H71N5O6. The Labute approximate surface area is 314 Å². The molecule has 1 heterocycles. The van der Waals surface area contributed by atoms with Crippen LogP contribution in [0.4, 0.5) is 0 Å². The number of likely N-dealkylation sites (N-methyl/N-ethyl adjacent to an activating group) is 2. The number of aliphatic hydroxyl groups is 1. The van der Waals surface area contributed by atoms with Gasteiger partial charge in [0.25, 0.3) is 0 Å². The molecule has 2 rings (SSSR count). The van der Waals surface area contributed by atoms with Gasteiger partial charge in [-0.25, -0.2) is 0 Å². The molecule has 11 nitrogen and oxygen atoms in total. The third-order valence-corrected chi connectivity index (χ3v) is 11.1. The van der Waals surface area contributed by atoms with Crippen molar-refractivity contribution < 1.29 is 29.0 Å². The Morgan fingerprint density at radius 2 is 1.58 bits per heavy atom. The normalized spacial score (nSPS) is 20.1. The van der Waals surface area contributed by atoms with Crippen LogP contribution in [0, 0.1) is 23.7 Å². The Bertz CT molecular complexity index is 1270. The molecule has 0 aromatic heterocycles. The summed E-state index contributed by atoms with van der Waals surface area (Å²) in [6.45, 7) is 20.9. The topological polar surface area (TPSA) is 124 Å². The number of nitrogens with zero attached hydrogens (tertiary/aromatic N) is 3. The van der Waals surface area contributed by atoms with Gasteiger partial charge in [0.15, 0.2) is 0 Å². The fourth-order valence-electron chi connectivity index (χ4n) is 7.90. The van der Waals surface area contributed by atoms with Crippen molar-refractivity contribution in [2.45, 2.75) is 130 Å². The van der Waals surface area contributed by atoms with Crippen LogP contribution in [-0.2, 0) is 23.9 Å². The first-order chi connectivity index (χ1) is 24.4. The van der Waals surface area contributed by atoms with Crippen molar-refractivity contribution in [3.63, 3.8) is 0 Å².